The molecule has 0 aliphatic carbocycles. The van der Waals surface area contributed by atoms with Gasteiger partial charge in [0.05, 0.1) is 6.61 Å². The van der Waals surface area contributed by atoms with Gasteiger partial charge in [0, 0.05) is 29.5 Å². The lowest BCUT2D eigenvalue weighted by Crippen LogP contribution is -2.05. The third kappa shape index (κ3) is 3.69. The number of nitrogens with zero attached hydrogens (tertiary/aromatic N) is 2. The van der Waals surface area contributed by atoms with E-state index in [1.165, 1.54) is 6.20 Å². The van der Waals surface area contributed by atoms with Crippen LogP contribution in [0.25, 0.3) is 0 Å². The molecule has 0 unspecified atom stereocenters. The highest BCUT2D eigenvalue weighted by Crippen LogP contribution is 2.22. The molecule has 0 saturated carbocycles. The Balaban J connectivity index is 3.12. The molecule has 17 heavy (non-hydrogen) atoms. The van der Waals surface area contributed by atoms with Gasteiger partial charge in [0.15, 0.2) is 0 Å². The SMILES string of the molecule is CCOCc1nn([C@H](C)CC)cc1S(=O)(=O)Cl. The number of halogens is 1. The van der Waals surface area contributed by atoms with E-state index in [-0.39, 0.29) is 17.5 Å². The third-order valence-corrected chi connectivity index (χ3v) is 3.88. The van der Waals surface area contributed by atoms with Crippen molar-refractivity contribution in [3.05, 3.63) is 11.9 Å². The summed E-state index contributed by atoms with van der Waals surface area (Å²) < 4.78 is 29.6. The van der Waals surface area contributed by atoms with Crippen LogP contribution in [0.5, 0.6) is 0 Å². The highest BCUT2D eigenvalue weighted by molar-refractivity contribution is 8.13. The fourth-order valence-electron chi connectivity index (χ4n) is 1.33. The van der Waals surface area contributed by atoms with Crippen LogP contribution in [-0.4, -0.2) is 24.8 Å². The molecule has 1 aromatic heterocycles. The van der Waals surface area contributed by atoms with Crippen LogP contribution in [0.1, 0.15) is 38.9 Å². The van der Waals surface area contributed by atoms with E-state index in [0.29, 0.717) is 12.3 Å². The second-order valence-electron chi connectivity index (χ2n) is 3.75. The summed E-state index contributed by atoms with van der Waals surface area (Å²) in [6.07, 6.45) is 2.32. The summed E-state index contributed by atoms with van der Waals surface area (Å²) in [5.41, 5.74) is 0.363. The molecular weight excluding hydrogens is 264 g/mol. The zero-order chi connectivity index (χ0) is 13.1. The molecule has 98 valence electrons. The maximum absolute atomic E-state index is 11.4. The Hall–Kier alpha value is -0.590. The quantitative estimate of drug-likeness (QED) is 0.750. The van der Waals surface area contributed by atoms with E-state index in [1.54, 1.807) is 4.68 Å². The van der Waals surface area contributed by atoms with Gasteiger partial charge < -0.3 is 4.74 Å². The molecule has 7 heteroatoms. The molecule has 0 saturated heterocycles. The van der Waals surface area contributed by atoms with Crippen LogP contribution >= 0.6 is 10.7 Å². The van der Waals surface area contributed by atoms with Crippen molar-refractivity contribution in [3.8, 4) is 0 Å². The van der Waals surface area contributed by atoms with Gasteiger partial charge in [-0.1, -0.05) is 6.92 Å². The second-order valence-corrected chi connectivity index (χ2v) is 6.29. The number of rotatable bonds is 6. The maximum Gasteiger partial charge on any atom is 0.264 e. The Morgan fingerprint density at radius 1 is 1.53 bits per heavy atom. The van der Waals surface area contributed by atoms with Crippen LogP contribution in [0.3, 0.4) is 0 Å². The van der Waals surface area contributed by atoms with Gasteiger partial charge in [-0.15, -0.1) is 0 Å². The minimum absolute atomic E-state index is 0.0351. The van der Waals surface area contributed by atoms with Gasteiger partial charge in [0.2, 0.25) is 0 Å². The Morgan fingerprint density at radius 2 is 2.18 bits per heavy atom. The van der Waals surface area contributed by atoms with E-state index in [2.05, 4.69) is 5.10 Å². The highest BCUT2D eigenvalue weighted by atomic mass is 35.7. The summed E-state index contributed by atoms with van der Waals surface area (Å²) in [5.74, 6) is 0. The monoisotopic (exact) mass is 280 g/mol. The molecule has 0 spiro atoms. The predicted octanol–water partition coefficient (Wildman–Crippen LogP) is 2.32. The van der Waals surface area contributed by atoms with Crippen LogP contribution in [0.4, 0.5) is 0 Å². The molecule has 1 aromatic rings. The van der Waals surface area contributed by atoms with E-state index in [1.807, 2.05) is 20.8 Å². The summed E-state index contributed by atoms with van der Waals surface area (Å²) >= 11 is 0. The first kappa shape index (κ1) is 14.5. The lowest BCUT2D eigenvalue weighted by molar-refractivity contribution is 0.129. The Labute approximate surface area is 106 Å². The molecule has 0 aliphatic rings. The lowest BCUT2D eigenvalue weighted by Gasteiger charge is -2.07. The van der Waals surface area contributed by atoms with Crippen LogP contribution in [0.2, 0.25) is 0 Å². The van der Waals surface area contributed by atoms with Gasteiger partial charge in [-0.25, -0.2) is 8.42 Å². The van der Waals surface area contributed by atoms with Crippen molar-refractivity contribution < 1.29 is 13.2 Å². The van der Waals surface area contributed by atoms with Crippen molar-refractivity contribution in [1.29, 1.82) is 0 Å². The minimum Gasteiger partial charge on any atom is -0.375 e. The summed E-state index contributed by atoms with van der Waals surface area (Å²) in [7, 11) is 1.59. The average molecular weight is 281 g/mol. The number of hydrogen-bond acceptors (Lipinski definition) is 4. The Kier molecular flexibility index (Phi) is 4.97. The zero-order valence-corrected chi connectivity index (χ0v) is 11.8. The maximum atomic E-state index is 11.4. The van der Waals surface area contributed by atoms with Crippen LogP contribution in [0, 0.1) is 0 Å². The fourth-order valence-corrected chi connectivity index (χ4v) is 2.33. The zero-order valence-electron chi connectivity index (χ0n) is 10.2. The van der Waals surface area contributed by atoms with E-state index < -0.39 is 9.05 Å². The minimum atomic E-state index is -3.78. The van der Waals surface area contributed by atoms with Crippen LogP contribution in [0.15, 0.2) is 11.1 Å². The summed E-state index contributed by atoms with van der Waals surface area (Å²) in [6.45, 7) is 6.45. The van der Waals surface area contributed by atoms with Crippen molar-refractivity contribution in [3.63, 3.8) is 0 Å². The predicted molar refractivity (Wildman–Crippen MR) is 65.6 cm³/mol. The lowest BCUT2D eigenvalue weighted by atomic mass is 10.3. The standard InChI is InChI=1S/C10H17ClN2O3S/c1-4-8(3)13-6-10(17(11,14)15)9(12-13)7-16-5-2/h6,8H,4-5,7H2,1-3H3/t8-/m1/s1. The first-order valence-corrected chi connectivity index (χ1v) is 7.81. The molecule has 0 N–H and O–H groups in total. The van der Waals surface area contributed by atoms with Crippen LogP contribution in [-0.2, 0) is 20.4 Å². The van der Waals surface area contributed by atoms with Crippen molar-refractivity contribution in [1.82, 2.24) is 9.78 Å². The van der Waals surface area contributed by atoms with Crippen molar-refractivity contribution in [2.45, 2.75) is 44.7 Å². The summed E-state index contributed by atoms with van der Waals surface area (Å²) in [6, 6.07) is 0.127. The Morgan fingerprint density at radius 3 is 2.65 bits per heavy atom. The van der Waals surface area contributed by atoms with Gasteiger partial charge >= 0.3 is 0 Å². The van der Waals surface area contributed by atoms with E-state index in [9.17, 15) is 8.42 Å². The topological polar surface area (TPSA) is 61.2 Å². The molecule has 5 nitrogen and oxygen atoms in total. The molecule has 0 radical (unpaired) electrons. The summed E-state index contributed by atoms with van der Waals surface area (Å²) in [5, 5.41) is 4.21. The number of ether oxygens (including phenoxy) is 1. The number of hydrogen-bond donors (Lipinski definition) is 0. The first-order valence-electron chi connectivity index (χ1n) is 5.50. The molecule has 1 heterocycles. The van der Waals surface area contributed by atoms with Crippen molar-refractivity contribution >= 4 is 19.7 Å². The average Bonchev–Trinajstić information content (AvgIpc) is 2.69. The highest BCUT2D eigenvalue weighted by Gasteiger charge is 2.21. The fraction of sp³-hybridized carbons (Fsp3) is 0.700. The summed E-state index contributed by atoms with van der Waals surface area (Å²) in [4.78, 5) is 0.0351. The van der Waals surface area contributed by atoms with Gasteiger partial charge in [-0.2, -0.15) is 5.10 Å². The largest absolute Gasteiger partial charge is 0.375 e. The van der Waals surface area contributed by atoms with Gasteiger partial charge in [0.25, 0.3) is 9.05 Å². The number of aromatic nitrogens is 2. The molecule has 1 atom stereocenters. The molecule has 1 rings (SSSR count). The smallest absolute Gasteiger partial charge is 0.264 e. The van der Waals surface area contributed by atoms with Gasteiger partial charge in [-0.3, -0.25) is 4.68 Å². The third-order valence-electron chi connectivity index (χ3n) is 2.52. The molecule has 0 amide bonds. The molecule has 0 fully saturated rings. The molecule has 0 aromatic carbocycles. The molecule has 0 aliphatic heterocycles. The normalized spacial score (nSPS) is 13.9. The van der Waals surface area contributed by atoms with E-state index in [0.717, 1.165) is 6.42 Å². The van der Waals surface area contributed by atoms with Gasteiger partial charge in [-0.05, 0) is 20.3 Å². The van der Waals surface area contributed by atoms with Gasteiger partial charge in [0.1, 0.15) is 10.6 Å². The molecule has 0 bridgehead atoms. The van der Waals surface area contributed by atoms with E-state index in [4.69, 9.17) is 15.4 Å². The molecular formula is C10H17ClN2O3S. The van der Waals surface area contributed by atoms with Crippen LogP contribution < -0.4 is 0 Å². The van der Waals surface area contributed by atoms with Crippen molar-refractivity contribution in [2.24, 2.45) is 0 Å². The van der Waals surface area contributed by atoms with Crippen molar-refractivity contribution in [2.75, 3.05) is 6.61 Å². The Bertz CT molecular complexity index is 470. The van der Waals surface area contributed by atoms with E-state index >= 15 is 0 Å². The first-order chi connectivity index (χ1) is 7.90. The second kappa shape index (κ2) is 5.84.